The molecule has 0 aliphatic carbocycles. The smallest absolute Gasteiger partial charge is 0.343 e. The Hall–Kier alpha value is -2.98. The van der Waals surface area contributed by atoms with Crippen LogP contribution in [-0.4, -0.2) is 58.7 Å². The van der Waals surface area contributed by atoms with Gasteiger partial charge in [0, 0.05) is 51.7 Å². The Morgan fingerprint density at radius 1 is 1.46 bits per heavy atom. The van der Waals surface area contributed by atoms with E-state index in [2.05, 4.69) is 19.9 Å². The molecule has 1 unspecified atom stereocenters. The number of nitro groups is 1. The number of esters is 1. The van der Waals surface area contributed by atoms with Crippen molar-refractivity contribution in [2.24, 2.45) is 7.05 Å². The summed E-state index contributed by atoms with van der Waals surface area (Å²) >= 11 is 0. The molecule has 1 saturated heterocycles. The number of nitrogens with one attached hydrogen (secondary N) is 1. The fraction of sp³-hybridized carbons (Fsp3) is 0.444. The van der Waals surface area contributed by atoms with Crippen LogP contribution >= 0.6 is 0 Å². The molecule has 10 heteroatoms. The van der Waals surface area contributed by atoms with Crippen molar-refractivity contribution in [2.45, 2.75) is 12.6 Å². The lowest BCUT2D eigenvalue weighted by Crippen LogP contribution is -2.46. The number of aromatic nitrogens is 2. The maximum atomic E-state index is 11.4. The molecule has 0 radical (unpaired) electrons. The van der Waals surface area contributed by atoms with Gasteiger partial charge in [0.25, 0.3) is 0 Å². The number of nitro benzene ring substituents is 1. The number of carbonyl (C=O) groups is 1. The maximum Gasteiger partial charge on any atom is 0.343 e. The van der Waals surface area contributed by atoms with Gasteiger partial charge in [0.2, 0.25) is 0 Å². The molecule has 1 aliphatic heterocycles. The zero-order chi connectivity index (χ0) is 20.1. The highest BCUT2D eigenvalue weighted by Crippen LogP contribution is 2.30. The van der Waals surface area contributed by atoms with E-state index >= 15 is 0 Å². The zero-order valence-corrected chi connectivity index (χ0v) is 15.8. The predicted octanol–water partition coefficient (Wildman–Crippen LogP) is 1.03. The lowest BCUT2D eigenvalue weighted by atomic mass is 10.1. The van der Waals surface area contributed by atoms with Gasteiger partial charge >= 0.3 is 11.7 Å². The standard InChI is InChI=1S/C18H23N5O5/c1-21-7-6-20-18(21)15-10-19-5-8-22(15)11-13-3-4-16(14(9-13)23(25)26)28-12-17(24)27-2/h3-4,6-7,9,15,19H,5,8,10-12H2,1-2H3. The van der Waals surface area contributed by atoms with Gasteiger partial charge in [-0.2, -0.15) is 0 Å². The van der Waals surface area contributed by atoms with Crippen LogP contribution in [0.25, 0.3) is 0 Å². The van der Waals surface area contributed by atoms with Crippen molar-refractivity contribution in [1.82, 2.24) is 19.8 Å². The summed E-state index contributed by atoms with van der Waals surface area (Å²) in [5, 5.41) is 14.8. The first kappa shape index (κ1) is 19.8. The maximum absolute atomic E-state index is 11.4. The molecular weight excluding hydrogens is 366 g/mol. The van der Waals surface area contributed by atoms with E-state index in [4.69, 9.17) is 4.74 Å². The van der Waals surface area contributed by atoms with Crippen LogP contribution in [0.1, 0.15) is 17.4 Å². The monoisotopic (exact) mass is 389 g/mol. The second-order valence-electron chi connectivity index (χ2n) is 6.51. The number of methoxy groups -OCH3 is 1. The Bertz CT molecular complexity index is 853. The van der Waals surface area contributed by atoms with Crippen LogP contribution in [0.3, 0.4) is 0 Å². The first-order chi connectivity index (χ1) is 13.5. The van der Waals surface area contributed by atoms with Crippen LogP contribution in [0, 0.1) is 10.1 Å². The van der Waals surface area contributed by atoms with Crippen molar-refractivity contribution >= 4 is 11.7 Å². The largest absolute Gasteiger partial charge is 0.475 e. The minimum Gasteiger partial charge on any atom is -0.475 e. The molecule has 0 spiro atoms. The summed E-state index contributed by atoms with van der Waals surface area (Å²) in [4.78, 5) is 28.9. The van der Waals surface area contributed by atoms with Crippen molar-refractivity contribution in [3.8, 4) is 5.75 Å². The molecule has 10 nitrogen and oxygen atoms in total. The van der Waals surface area contributed by atoms with Crippen molar-refractivity contribution < 1.29 is 19.2 Å². The van der Waals surface area contributed by atoms with E-state index in [1.54, 1.807) is 12.3 Å². The number of carbonyl (C=O) groups excluding carboxylic acids is 1. The third-order valence-corrected chi connectivity index (χ3v) is 4.69. The lowest BCUT2D eigenvalue weighted by Gasteiger charge is -2.35. The molecule has 1 fully saturated rings. The second-order valence-corrected chi connectivity index (χ2v) is 6.51. The molecule has 0 bridgehead atoms. The number of piperazine rings is 1. The van der Waals surface area contributed by atoms with Crippen LogP contribution < -0.4 is 10.1 Å². The number of rotatable bonds is 7. The minimum atomic E-state index is -0.600. The van der Waals surface area contributed by atoms with Gasteiger partial charge in [-0.05, 0) is 11.6 Å². The minimum absolute atomic E-state index is 0.0418. The van der Waals surface area contributed by atoms with Gasteiger partial charge in [0.15, 0.2) is 12.4 Å². The fourth-order valence-electron chi connectivity index (χ4n) is 3.24. The summed E-state index contributed by atoms with van der Waals surface area (Å²) < 4.78 is 11.7. The second kappa shape index (κ2) is 8.81. The van der Waals surface area contributed by atoms with Gasteiger partial charge in [-0.25, -0.2) is 9.78 Å². The Labute approximate surface area is 162 Å². The van der Waals surface area contributed by atoms with Gasteiger partial charge in [-0.1, -0.05) is 6.07 Å². The highest BCUT2D eigenvalue weighted by atomic mass is 16.6. The topological polar surface area (TPSA) is 112 Å². The van der Waals surface area contributed by atoms with Crippen molar-refractivity contribution in [3.63, 3.8) is 0 Å². The quantitative estimate of drug-likeness (QED) is 0.424. The van der Waals surface area contributed by atoms with E-state index in [1.807, 2.05) is 17.8 Å². The van der Waals surface area contributed by atoms with Gasteiger partial charge < -0.3 is 19.4 Å². The molecule has 3 rings (SSSR count). The summed E-state index contributed by atoms with van der Waals surface area (Å²) in [7, 11) is 3.18. The SMILES string of the molecule is COC(=O)COc1ccc(CN2CCNCC2c2nccn2C)cc1[N+](=O)[O-]. The lowest BCUT2D eigenvalue weighted by molar-refractivity contribution is -0.385. The summed E-state index contributed by atoms with van der Waals surface area (Å²) in [5.74, 6) is 0.386. The highest BCUT2D eigenvalue weighted by molar-refractivity contribution is 5.71. The molecule has 2 heterocycles. The van der Waals surface area contributed by atoms with E-state index in [-0.39, 0.29) is 24.1 Å². The molecule has 0 amide bonds. The third kappa shape index (κ3) is 4.46. The summed E-state index contributed by atoms with van der Waals surface area (Å²) in [6.45, 7) is 2.55. The van der Waals surface area contributed by atoms with Gasteiger partial charge in [-0.15, -0.1) is 0 Å². The molecule has 150 valence electrons. The number of benzene rings is 1. The molecule has 1 N–H and O–H groups in total. The Kier molecular flexibility index (Phi) is 6.22. The summed E-state index contributed by atoms with van der Waals surface area (Å²) in [6.07, 6.45) is 3.67. The molecule has 1 atom stereocenters. The van der Waals surface area contributed by atoms with Gasteiger partial charge in [0.1, 0.15) is 5.82 Å². The molecule has 2 aromatic rings. The molecule has 1 aromatic heterocycles. The van der Waals surface area contributed by atoms with Gasteiger partial charge in [-0.3, -0.25) is 15.0 Å². The van der Waals surface area contributed by atoms with Crippen LogP contribution in [0.4, 0.5) is 5.69 Å². The molecular formula is C18H23N5O5. The number of hydrogen-bond donors (Lipinski definition) is 1. The summed E-state index contributed by atoms with van der Waals surface area (Å²) in [6, 6.07) is 4.86. The Balaban J connectivity index is 1.79. The van der Waals surface area contributed by atoms with Crippen molar-refractivity contribution in [2.75, 3.05) is 33.4 Å². The number of hydrogen-bond acceptors (Lipinski definition) is 8. The zero-order valence-electron chi connectivity index (χ0n) is 15.8. The first-order valence-corrected chi connectivity index (χ1v) is 8.88. The normalized spacial score (nSPS) is 17.3. The van der Waals surface area contributed by atoms with Crippen molar-refractivity contribution in [1.29, 1.82) is 0 Å². The van der Waals surface area contributed by atoms with Crippen LogP contribution in [0.5, 0.6) is 5.75 Å². The van der Waals surface area contributed by atoms with Gasteiger partial charge in [0.05, 0.1) is 18.1 Å². The average Bonchev–Trinajstić information content (AvgIpc) is 3.12. The van der Waals surface area contributed by atoms with Crippen LogP contribution in [0.2, 0.25) is 0 Å². The van der Waals surface area contributed by atoms with E-state index in [1.165, 1.54) is 19.2 Å². The Morgan fingerprint density at radius 3 is 2.96 bits per heavy atom. The molecule has 28 heavy (non-hydrogen) atoms. The third-order valence-electron chi connectivity index (χ3n) is 4.69. The van der Waals surface area contributed by atoms with E-state index in [0.717, 1.165) is 31.0 Å². The number of imidazole rings is 1. The fourth-order valence-corrected chi connectivity index (χ4v) is 3.24. The van der Waals surface area contributed by atoms with Crippen molar-refractivity contribution in [3.05, 3.63) is 52.1 Å². The van der Waals surface area contributed by atoms with E-state index in [0.29, 0.717) is 6.54 Å². The number of nitrogens with zero attached hydrogens (tertiary/aromatic N) is 4. The van der Waals surface area contributed by atoms with E-state index < -0.39 is 10.9 Å². The highest BCUT2D eigenvalue weighted by Gasteiger charge is 2.27. The predicted molar refractivity (Wildman–Crippen MR) is 99.8 cm³/mol. The van der Waals surface area contributed by atoms with Crippen LogP contribution in [-0.2, 0) is 23.1 Å². The molecule has 1 aliphatic rings. The molecule has 0 saturated carbocycles. The average molecular weight is 389 g/mol. The number of aryl methyl sites for hydroxylation is 1. The summed E-state index contributed by atoms with van der Waals surface area (Å²) in [5.41, 5.74) is 0.614. The first-order valence-electron chi connectivity index (χ1n) is 8.88. The number of ether oxygens (including phenoxy) is 2. The van der Waals surface area contributed by atoms with E-state index in [9.17, 15) is 14.9 Å². The molecule has 1 aromatic carbocycles. The Morgan fingerprint density at radius 2 is 2.29 bits per heavy atom. The van der Waals surface area contributed by atoms with Crippen LogP contribution in [0.15, 0.2) is 30.6 Å².